The SMILES string of the molecule is COc1ccc(C)cc1-c1csc(NC(=O)C2CCC(N)C2)n1.Cl. The van der Waals surface area contributed by atoms with Crippen LogP contribution >= 0.6 is 23.7 Å². The fraction of sp³-hybridized carbons (Fsp3) is 0.412. The lowest BCUT2D eigenvalue weighted by molar-refractivity contribution is -0.119. The highest BCUT2D eigenvalue weighted by atomic mass is 35.5. The number of benzene rings is 1. The molecular formula is C17H22ClN3O2S. The maximum absolute atomic E-state index is 12.3. The zero-order valence-electron chi connectivity index (χ0n) is 13.7. The van der Waals surface area contributed by atoms with Crippen LogP contribution in [0.15, 0.2) is 23.6 Å². The largest absolute Gasteiger partial charge is 0.496 e. The summed E-state index contributed by atoms with van der Waals surface area (Å²) in [6.45, 7) is 2.03. The molecule has 1 aromatic carbocycles. The molecule has 0 spiro atoms. The van der Waals surface area contributed by atoms with Crippen molar-refractivity contribution in [3.63, 3.8) is 0 Å². The Bertz CT molecular complexity index is 720. The molecule has 3 rings (SSSR count). The molecule has 2 unspecified atom stereocenters. The van der Waals surface area contributed by atoms with Crippen LogP contribution in [0.1, 0.15) is 24.8 Å². The van der Waals surface area contributed by atoms with Crippen LogP contribution in [-0.4, -0.2) is 24.0 Å². The van der Waals surface area contributed by atoms with Gasteiger partial charge in [-0.2, -0.15) is 0 Å². The van der Waals surface area contributed by atoms with Gasteiger partial charge in [-0.1, -0.05) is 11.6 Å². The summed E-state index contributed by atoms with van der Waals surface area (Å²) in [4.78, 5) is 16.8. The second-order valence-corrected chi connectivity index (χ2v) is 6.86. The molecule has 2 atom stereocenters. The van der Waals surface area contributed by atoms with Gasteiger partial charge in [0.25, 0.3) is 0 Å². The van der Waals surface area contributed by atoms with E-state index < -0.39 is 0 Å². The standard InChI is InChI=1S/C17H21N3O2S.ClH/c1-10-3-6-15(22-2)13(7-10)14-9-23-17(19-14)20-16(21)11-4-5-12(18)8-11;/h3,6-7,9,11-12H,4-5,8,18H2,1-2H3,(H,19,20,21);1H. The van der Waals surface area contributed by atoms with E-state index in [1.807, 2.05) is 30.5 Å². The lowest BCUT2D eigenvalue weighted by atomic mass is 10.1. The van der Waals surface area contributed by atoms with E-state index in [1.165, 1.54) is 11.3 Å². The van der Waals surface area contributed by atoms with Crippen molar-refractivity contribution < 1.29 is 9.53 Å². The zero-order chi connectivity index (χ0) is 16.4. The molecule has 24 heavy (non-hydrogen) atoms. The summed E-state index contributed by atoms with van der Waals surface area (Å²) in [6, 6.07) is 6.12. The Balaban J connectivity index is 0.00000208. The second kappa shape index (κ2) is 7.96. The number of rotatable bonds is 4. The number of aryl methyl sites for hydroxylation is 1. The van der Waals surface area contributed by atoms with Crippen molar-refractivity contribution in [1.29, 1.82) is 0 Å². The Morgan fingerprint density at radius 1 is 1.42 bits per heavy atom. The monoisotopic (exact) mass is 367 g/mol. The van der Waals surface area contributed by atoms with Crippen LogP contribution in [0, 0.1) is 12.8 Å². The quantitative estimate of drug-likeness (QED) is 0.865. The fourth-order valence-corrected chi connectivity index (χ4v) is 3.65. The number of nitrogens with two attached hydrogens (primary N) is 1. The third-order valence-electron chi connectivity index (χ3n) is 4.21. The second-order valence-electron chi connectivity index (χ2n) is 6.00. The van der Waals surface area contributed by atoms with Gasteiger partial charge in [0, 0.05) is 22.9 Å². The predicted octanol–water partition coefficient (Wildman–Crippen LogP) is 3.61. The summed E-state index contributed by atoms with van der Waals surface area (Å²) < 4.78 is 5.40. The average molecular weight is 368 g/mol. The topological polar surface area (TPSA) is 77.2 Å². The van der Waals surface area contributed by atoms with E-state index in [1.54, 1.807) is 7.11 Å². The highest BCUT2D eigenvalue weighted by Gasteiger charge is 2.28. The molecule has 1 aromatic heterocycles. The third-order valence-corrected chi connectivity index (χ3v) is 4.97. The van der Waals surface area contributed by atoms with Gasteiger partial charge in [-0.15, -0.1) is 23.7 Å². The van der Waals surface area contributed by atoms with Gasteiger partial charge in [0.1, 0.15) is 5.75 Å². The van der Waals surface area contributed by atoms with Gasteiger partial charge in [-0.05, 0) is 38.3 Å². The predicted molar refractivity (Wildman–Crippen MR) is 100 cm³/mol. The Morgan fingerprint density at radius 3 is 2.88 bits per heavy atom. The maximum atomic E-state index is 12.3. The molecule has 5 nitrogen and oxygen atoms in total. The number of amides is 1. The Hall–Kier alpha value is -1.63. The number of hydrogen-bond donors (Lipinski definition) is 2. The minimum absolute atomic E-state index is 0. The van der Waals surface area contributed by atoms with E-state index in [9.17, 15) is 4.79 Å². The maximum Gasteiger partial charge on any atom is 0.229 e. The normalized spacial score (nSPS) is 19.6. The molecule has 1 heterocycles. The molecule has 0 bridgehead atoms. The number of carbonyl (C=O) groups is 1. The third kappa shape index (κ3) is 4.06. The van der Waals surface area contributed by atoms with Crippen molar-refractivity contribution >= 4 is 34.8 Å². The van der Waals surface area contributed by atoms with Crippen LogP contribution in [0.4, 0.5) is 5.13 Å². The van der Waals surface area contributed by atoms with Crippen molar-refractivity contribution in [3.8, 4) is 17.0 Å². The molecule has 3 N–H and O–H groups in total. The lowest BCUT2D eigenvalue weighted by Gasteiger charge is -2.09. The van der Waals surface area contributed by atoms with Crippen LogP contribution in [0.5, 0.6) is 5.75 Å². The molecular weight excluding hydrogens is 346 g/mol. The first-order valence-electron chi connectivity index (χ1n) is 7.74. The minimum Gasteiger partial charge on any atom is -0.496 e. The molecule has 130 valence electrons. The van der Waals surface area contributed by atoms with Crippen molar-refractivity contribution in [2.24, 2.45) is 11.7 Å². The van der Waals surface area contributed by atoms with E-state index >= 15 is 0 Å². The van der Waals surface area contributed by atoms with Gasteiger partial charge >= 0.3 is 0 Å². The van der Waals surface area contributed by atoms with Crippen molar-refractivity contribution in [2.45, 2.75) is 32.2 Å². The van der Waals surface area contributed by atoms with E-state index in [2.05, 4.69) is 10.3 Å². The van der Waals surface area contributed by atoms with Crippen LogP contribution in [0.3, 0.4) is 0 Å². The highest BCUT2D eigenvalue weighted by Crippen LogP contribution is 2.33. The van der Waals surface area contributed by atoms with Gasteiger partial charge < -0.3 is 15.8 Å². The smallest absolute Gasteiger partial charge is 0.229 e. The van der Waals surface area contributed by atoms with Crippen LogP contribution in [-0.2, 0) is 4.79 Å². The molecule has 0 radical (unpaired) electrons. The van der Waals surface area contributed by atoms with Crippen LogP contribution < -0.4 is 15.8 Å². The van der Waals surface area contributed by atoms with E-state index in [-0.39, 0.29) is 30.3 Å². The Kier molecular flexibility index (Phi) is 6.21. The van der Waals surface area contributed by atoms with Gasteiger partial charge in [0.05, 0.1) is 12.8 Å². The number of aromatic nitrogens is 1. The molecule has 7 heteroatoms. The van der Waals surface area contributed by atoms with E-state index in [0.717, 1.165) is 41.8 Å². The van der Waals surface area contributed by atoms with Gasteiger partial charge in [-0.3, -0.25) is 4.79 Å². The number of anilines is 1. The molecule has 1 aliphatic rings. The number of ether oxygens (including phenoxy) is 1. The summed E-state index contributed by atoms with van der Waals surface area (Å²) in [5.41, 5.74) is 8.76. The van der Waals surface area contributed by atoms with Crippen molar-refractivity contribution in [1.82, 2.24) is 4.98 Å². The number of nitrogens with zero attached hydrogens (tertiary/aromatic N) is 1. The van der Waals surface area contributed by atoms with E-state index in [0.29, 0.717) is 5.13 Å². The molecule has 1 saturated carbocycles. The first-order valence-corrected chi connectivity index (χ1v) is 8.61. The summed E-state index contributed by atoms with van der Waals surface area (Å²) in [5, 5.41) is 5.48. The molecule has 0 saturated heterocycles. The average Bonchev–Trinajstić information content (AvgIpc) is 3.16. The number of nitrogens with one attached hydrogen (secondary N) is 1. The van der Waals surface area contributed by atoms with Crippen LogP contribution in [0.25, 0.3) is 11.3 Å². The first kappa shape index (κ1) is 18.7. The van der Waals surface area contributed by atoms with Crippen molar-refractivity contribution in [2.75, 3.05) is 12.4 Å². The number of carbonyl (C=O) groups excluding carboxylic acids is 1. The number of thiazole rings is 1. The van der Waals surface area contributed by atoms with Crippen molar-refractivity contribution in [3.05, 3.63) is 29.1 Å². The molecule has 1 aliphatic carbocycles. The molecule has 2 aromatic rings. The van der Waals surface area contributed by atoms with Crippen LogP contribution in [0.2, 0.25) is 0 Å². The summed E-state index contributed by atoms with van der Waals surface area (Å²) in [6.07, 6.45) is 2.54. The molecule has 1 fully saturated rings. The van der Waals surface area contributed by atoms with Gasteiger partial charge in [-0.25, -0.2) is 4.98 Å². The fourth-order valence-electron chi connectivity index (χ4n) is 2.94. The Morgan fingerprint density at radius 2 is 2.21 bits per heavy atom. The van der Waals surface area contributed by atoms with Gasteiger partial charge in [0.2, 0.25) is 5.91 Å². The minimum atomic E-state index is 0. The van der Waals surface area contributed by atoms with E-state index in [4.69, 9.17) is 10.5 Å². The zero-order valence-corrected chi connectivity index (χ0v) is 15.4. The summed E-state index contributed by atoms with van der Waals surface area (Å²) >= 11 is 1.43. The molecule has 1 amide bonds. The molecule has 0 aliphatic heterocycles. The van der Waals surface area contributed by atoms with Gasteiger partial charge in [0.15, 0.2) is 5.13 Å². The number of halogens is 1. The summed E-state index contributed by atoms with van der Waals surface area (Å²) in [5.74, 6) is 0.807. The highest BCUT2D eigenvalue weighted by molar-refractivity contribution is 7.14. The lowest BCUT2D eigenvalue weighted by Crippen LogP contribution is -2.23. The number of hydrogen-bond acceptors (Lipinski definition) is 5. The number of methoxy groups -OCH3 is 1. The Labute approximate surface area is 152 Å². The summed E-state index contributed by atoms with van der Waals surface area (Å²) in [7, 11) is 1.65. The first-order chi connectivity index (χ1) is 11.1.